The van der Waals surface area contributed by atoms with Gasteiger partial charge in [0.05, 0.1) is 22.8 Å². The van der Waals surface area contributed by atoms with Crippen molar-refractivity contribution in [2.75, 3.05) is 6.54 Å². The molecule has 0 spiro atoms. The number of halogens is 2. The predicted octanol–water partition coefficient (Wildman–Crippen LogP) is 4.39. The summed E-state index contributed by atoms with van der Waals surface area (Å²) in [6.45, 7) is 4.76. The molecule has 3 rings (SSSR count). The Hall–Kier alpha value is -2.66. The van der Waals surface area contributed by atoms with Crippen molar-refractivity contribution in [3.05, 3.63) is 76.3 Å². The minimum atomic E-state index is -0.632. The van der Waals surface area contributed by atoms with Crippen LogP contribution in [0.1, 0.15) is 21.7 Å². The van der Waals surface area contributed by atoms with E-state index in [-0.39, 0.29) is 10.6 Å². The summed E-state index contributed by atoms with van der Waals surface area (Å²) in [5, 5.41) is 7.35. The van der Waals surface area contributed by atoms with E-state index in [1.54, 1.807) is 0 Å². The third-order valence-corrected chi connectivity index (χ3v) is 4.56. The van der Waals surface area contributed by atoms with Gasteiger partial charge in [-0.2, -0.15) is 5.10 Å². The third-order valence-electron chi connectivity index (χ3n) is 4.24. The molecule has 0 atom stereocenters. The molecule has 0 fully saturated rings. The highest BCUT2D eigenvalue weighted by atomic mass is 35.5. The Morgan fingerprint density at radius 2 is 1.88 bits per heavy atom. The number of carbonyl (C=O) groups excluding carboxylic acids is 1. The molecule has 1 aromatic heterocycles. The van der Waals surface area contributed by atoms with Crippen LogP contribution in [0.4, 0.5) is 4.39 Å². The van der Waals surface area contributed by atoms with E-state index in [0.29, 0.717) is 13.1 Å². The summed E-state index contributed by atoms with van der Waals surface area (Å²) in [6.07, 6.45) is 0. The number of amides is 1. The number of aryl methyl sites for hydroxylation is 1. The number of nitrogens with zero attached hydrogens (tertiary/aromatic N) is 2. The van der Waals surface area contributed by atoms with Gasteiger partial charge in [-0.05, 0) is 31.5 Å². The van der Waals surface area contributed by atoms with Crippen LogP contribution in [0.2, 0.25) is 5.02 Å². The molecule has 1 heterocycles. The van der Waals surface area contributed by atoms with E-state index < -0.39 is 11.7 Å². The number of carbonyl (C=O) groups is 1. The van der Waals surface area contributed by atoms with E-state index in [9.17, 15) is 9.18 Å². The van der Waals surface area contributed by atoms with Gasteiger partial charge in [0.15, 0.2) is 0 Å². The Bertz CT molecular complexity index is 917. The monoisotopic (exact) mass is 371 g/mol. The highest BCUT2D eigenvalue weighted by molar-refractivity contribution is 6.33. The smallest absolute Gasteiger partial charge is 0.255 e. The zero-order chi connectivity index (χ0) is 18.7. The zero-order valence-electron chi connectivity index (χ0n) is 14.6. The SMILES string of the molecule is Cc1nn(CCNC(=O)c2c(F)cccc2Cl)c(C)c1-c1ccccc1. The van der Waals surface area contributed by atoms with Crippen LogP contribution in [0.25, 0.3) is 11.1 Å². The summed E-state index contributed by atoms with van der Waals surface area (Å²) in [7, 11) is 0. The fraction of sp³-hybridized carbons (Fsp3) is 0.200. The number of hydrogen-bond acceptors (Lipinski definition) is 2. The van der Waals surface area contributed by atoms with E-state index in [4.69, 9.17) is 11.6 Å². The van der Waals surface area contributed by atoms with Gasteiger partial charge in [0, 0.05) is 17.8 Å². The van der Waals surface area contributed by atoms with Crippen LogP contribution in [-0.4, -0.2) is 22.2 Å². The Morgan fingerprint density at radius 3 is 2.58 bits per heavy atom. The van der Waals surface area contributed by atoms with E-state index in [1.807, 2.05) is 48.9 Å². The van der Waals surface area contributed by atoms with Crippen molar-refractivity contribution in [2.24, 2.45) is 0 Å². The molecule has 0 saturated heterocycles. The molecule has 4 nitrogen and oxygen atoms in total. The fourth-order valence-corrected chi connectivity index (χ4v) is 3.26. The maximum Gasteiger partial charge on any atom is 0.255 e. The van der Waals surface area contributed by atoms with E-state index in [0.717, 1.165) is 22.5 Å². The highest BCUT2D eigenvalue weighted by Gasteiger charge is 2.16. The molecule has 0 aliphatic carbocycles. The number of nitrogens with one attached hydrogen (secondary N) is 1. The molecule has 0 saturated carbocycles. The minimum absolute atomic E-state index is 0.0972. The summed E-state index contributed by atoms with van der Waals surface area (Å²) in [4.78, 5) is 12.2. The van der Waals surface area contributed by atoms with Crippen LogP contribution >= 0.6 is 11.6 Å². The van der Waals surface area contributed by atoms with Crippen LogP contribution in [0.5, 0.6) is 0 Å². The number of hydrogen-bond donors (Lipinski definition) is 1. The molecule has 0 unspecified atom stereocenters. The Kier molecular flexibility index (Phi) is 5.38. The van der Waals surface area contributed by atoms with Crippen molar-refractivity contribution in [1.29, 1.82) is 0 Å². The zero-order valence-corrected chi connectivity index (χ0v) is 15.3. The van der Waals surface area contributed by atoms with E-state index >= 15 is 0 Å². The maximum atomic E-state index is 13.8. The van der Waals surface area contributed by atoms with E-state index in [2.05, 4.69) is 10.4 Å². The summed E-state index contributed by atoms with van der Waals surface area (Å²) in [5.74, 6) is -1.16. The second kappa shape index (κ2) is 7.70. The van der Waals surface area contributed by atoms with Crippen molar-refractivity contribution in [3.63, 3.8) is 0 Å². The lowest BCUT2D eigenvalue weighted by Crippen LogP contribution is -2.28. The second-order valence-corrected chi connectivity index (χ2v) is 6.39. The number of aromatic nitrogens is 2. The molecule has 3 aromatic rings. The molecule has 2 aromatic carbocycles. The summed E-state index contributed by atoms with van der Waals surface area (Å²) < 4.78 is 15.6. The first-order valence-electron chi connectivity index (χ1n) is 8.30. The average Bonchev–Trinajstić information content (AvgIpc) is 2.89. The molecule has 1 N–H and O–H groups in total. The van der Waals surface area contributed by atoms with Crippen molar-refractivity contribution < 1.29 is 9.18 Å². The van der Waals surface area contributed by atoms with Gasteiger partial charge in [-0.1, -0.05) is 48.0 Å². The lowest BCUT2D eigenvalue weighted by Gasteiger charge is -2.09. The summed E-state index contributed by atoms with van der Waals surface area (Å²) in [6, 6.07) is 14.2. The summed E-state index contributed by atoms with van der Waals surface area (Å²) >= 11 is 5.92. The molecule has 0 radical (unpaired) electrons. The standard InChI is InChI=1S/C20H19ClFN3O/c1-13-18(15-7-4-3-5-8-15)14(2)25(24-13)12-11-23-20(26)19-16(21)9-6-10-17(19)22/h3-10H,11-12H2,1-2H3,(H,23,26). The number of rotatable bonds is 5. The minimum Gasteiger partial charge on any atom is -0.350 e. The first-order valence-corrected chi connectivity index (χ1v) is 8.68. The molecule has 134 valence electrons. The molecule has 0 bridgehead atoms. The quantitative estimate of drug-likeness (QED) is 0.723. The van der Waals surface area contributed by atoms with Gasteiger partial charge >= 0.3 is 0 Å². The fourth-order valence-electron chi connectivity index (χ4n) is 3.02. The first-order chi connectivity index (χ1) is 12.5. The Balaban J connectivity index is 1.70. The van der Waals surface area contributed by atoms with Crippen LogP contribution < -0.4 is 5.32 Å². The normalized spacial score (nSPS) is 10.8. The maximum absolute atomic E-state index is 13.8. The predicted molar refractivity (Wildman–Crippen MR) is 101 cm³/mol. The van der Waals surface area contributed by atoms with Gasteiger partial charge in [0.25, 0.3) is 5.91 Å². The molecule has 0 aliphatic rings. The lowest BCUT2D eigenvalue weighted by molar-refractivity contribution is 0.0948. The van der Waals surface area contributed by atoms with Crippen molar-refractivity contribution in [3.8, 4) is 11.1 Å². The molecule has 1 amide bonds. The molecular formula is C20H19ClFN3O. The largest absolute Gasteiger partial charge is 0.350 e. The van der Waals surface area contributed by atoms with Crippen LogP contribution in [0.3, 0.4) is 0 Å². The van der Waals surface area contributed by atoms with Crippen molar-refractivity contribution in [1.82, 2.24) is 15.1 Å². The first kappa shape index (κ1) is 18.1. The molecule has 0 aliphatic heterocycles. The Morgan fingerprint density at radius 1 is 1.15 bits per heavy atom. The molecule has 26 heavy (non-hydrogen) atoms. The Labute approximate surface area is 156 Å². The van der Waals surface area contributed by atoms with Gasteiger partial charge < -0.3 is 5.32 Å². The van der Waals surface area contributed by atoms with Crippen LogP contribution in [0.15, 0.2) is 48.5 Å². The van der Waals surface area contributed by atoms with Gasteiger partial charge in [0.1, 0.15) is 5.82 Å². The van der Waals surface area contributed by atoms with Crippen molar-refractivity contribution >= 4 is 17.5 Å². The third kappa shape index (κ3) is 3.63. The van der Waals surface area contributed by atoms with Gasteiger partial charge in [-0.25, -0.2) is 4.39 Å². The molecular weight excluding hydrogens is 353 g/mol. The topological polar surface area (TPSA) is 46.9 Å². The van der Waals surface area contributed by atoms with Gasteiger partial charge in [-0.3, -0.25) is 9.48 Å². The van der Waals surface area contributed by atoms with E-state index in [1.165, 1.54) is 18.2 Å². The number of benzene rings is 2. The summed E-state index contributed by atoms with van der Waals surface area (Å²) in [5.41, 5.74) is 4.02. The van der Waals surface area contributed by atoms with Crippen LogP contribution in [0, 0.1) is 19.7 Å². The van der Waals surface area contributed by atoms with Crippen LogP contribution in [-0.2, 0) is 6.54 Å². The highest BCUT2D eigenvalue weighted by Crippen LogP contribution is 2.26. The van der Waals surface area contributed by atoms with Gasteiger partial charge in [0.2, 0.25) is 0 Å². The lowest BCUT2D eigenvalue weighted by atomic mass is 10.0. The van der Waals surface area contributed by atoms with Crippen molar-refractivity contribution in [2.45, 2.75) is 20.4 Å². The average molecular weight is 372 g/mol. The molecule has 6 heteroatoms. The second-order valence-electron chi connectivity index (χ2n) is 5.99. The van der Waals surface area contributed by atoms with Gasteiger partial charge in [-0.15, -0.1) is 0 Å².